The van der Waals surface area contributed by atoms with Gasteiger partial charge in [0.2, 0.25) is 11.8 Å². The molecule has 0 aromatic heterocycles. The lowest BCUT2D eigenvalue weighted by molar-refractivity contribution is -0.117. The van der Waals surface area contributed by atoms with Crippen molar-refractivity contribution in [1.29, 1.82) is 0 Å². The van der Waals surface area contributed by atoms with Crippen LogP contribution in [-0.4, -0.2) is 11.8 Å². The van der Waals surface area contributed by atoms with Crippen LogP contribution in [0.2, 0.25) is 5.02 Å². The van der Waals surface area contributed by atoms with Crippen LogP contribution >= 0.6 is 11.6 Å². The Hall–Kier alpha value is -1.55. The second kappa shape index (κ2) is 4.11. The largest absolute Gasteiger partial charge is 0.369 e. The molecule has 0 heterocycles. The maximum atomic E-state index is 11.0. The van der Waals surface area contributed by atoms with Crippen molar-refractivity contribution in [1.82, 2.24) is 0 Å². The van der Waals surface area contributed by atoms with Crippen LogP contribution < -0.4 is 11.5 Å². The van der Waals surface area contributed by atoms with Gasteiger partial charge in [-0.05, 0) is 17.7 Å². The van der Waals surface area contributed by atoms with Crippen LogP contribution in [0.3, 0.4) is 0 Å². The van der Waals surface area contributed by atoms with Gasteiger partial charge in [-0.1, -0.05) is 17.7 Å². The molecule has 0 saturated carbocycles. The molecule has 1 rings (SSSR count). The smallest absolute Gasteiger partial charge is 0.249 e. The first-order valence-corrected chi connectivity index (χ1v) is 4.25. The number of hydrogen-bond acceptors (Lipinski definition) is 2. The third-order valence-electron chi connectivity index (χ3n) is 1.70. The fourth-order valence-corrected chi connectivity index (χ4v) is 1.29. The van der Waals surface area contributed by atoms with Crippen LogP contribution in [0.15, 0.2) is 18.2 Å². The van der Waals surface area contributed by atoms with E-state index in [1.807, 2.05) is 0 Å². The van der Waals surface area contributed by atoms with E-state index in [9.17, 15) is 9.59 Å². The third-order valence-corrected chi connectivity index (χ3v) is 1.94. The molecule has 0 spiro atoms. The van der Waals surface area contributed by atoms with Crippen molar-refractivity contribution in [3.05, 3.63) is 34.3 Å². The summed E-state index contributed by atoms with van der Waals surface area (Å²) >= 11 is 5.67. The molecule has 0 bridgehead atoms. The molecule has 0 aliphatic carbocycles. The molecule has 0 fully saturated rings. The summed E-state index contributed by atoms with van der Waals surface area (Å²) in [5, 5.41) is 0.395. The van der Waals surface area contributed by atoms with Crippen LogP contribution in [0.25, 0.3) is 0 Å². The summed E-state index contributed by atoms with van der Waals surface area (Å²) in [6.45, 7) is 0. The highest BCUT2D eigenvalue weighted by molar-refractivity contribution is 6.31. The summed E-state index contributed by atoms with van der Waals surface area (Å²) in [5.74, 6) is -1.14. The lowest BCUT2D eigenvalue weighted by Gasteiger charge is -2.04. The van der Waals surface area contributed by atoms with Crippen molar-refractivity contribution in [2.24, 2.45) is 11.5 Å². The van der Waals surface area contributed by atoms with E-state index in [1.54, 1.807) is 12.1 Å². The second-order valence-electron chi connectivity index (χ2n) is 2.81. The highest BCUT2D eigenvalue weighted by atomic mass is 35.5. The third kappa shape index (κ3) is 2.47. The first-order chi connectivity index (χ1) is 6.50. The lowest BCUT2D eigenvalue weighted by Crippen LogP contribution is -2.19. The van der Waals surface area contributed by atoms with Crippen molar-refractivity contribution in [2.45, 2.75) is 6.42 Å². The Labute approximate surface area is 85.8 Å². The average molecular weight is 213 g/mol. The molecule has 0 unspecified atom stereocenters. The number of halogens is 1. The summed E-state index contributed by atoms with van der Waals surface area (Å²) in [5.41, 5.74) is 10.8. The Morgan fingerprint density at radius 1 is 1.29 bits per heavy atom. The fraction of sp³-hybridized carbons (Fsp3) is 0.111. The van der Waals surface area contributed by atoms with Crippen molar-refractivity contribution in [3.8, 4) is 0 Å². The fourth-order valence-electron chi connectivity index (χ4n) is 1.12. The minimum Gasteiger partial charge on any atom is -0.369 e. The minimum absolute atomic E-state index is 0.0184. The molecule has 4 nitrogen and oxygen atoms in total. The maximum absolute atomic E-state index is 11.0. The molecule has 0 aliphatic rings. The highest BCUT2D eigenvalue weighted by Gasteiger charge is 2.10. The molecule has 4 N–H and O–H groups in total. The number of rotatable bonds is 3. The van der Waals surface area contributed by atoms with Gasteiger partial charge in [0.15, 0.2) is 0 Å². The SMILES string of the molecule is NC(=O)Cc1ccc(Cl)cc1C(N)=O. The number of amides is 2. The van der Waals surface area contributed by atoms with E-state index < -0.39 is 11.8 Å². The van der Waals surface area contributed by atoms with Gasteiger partial charge in [0.05, 0.1) is 6.42 Å². The van der Waals surface area contributed by atoms with Gasteiger partial charge in [-0.2, -0.15) is 0 Å². The summed E-state index contributed by atoms with van der Waals surface area (Å²) < 4.78 is 0. The minimum atomic E-state index is -0.622. The average Bonchev–Trinajstić information content (AvgIpc) is 2.07. The molecule has 1 aromatic rings. The zero-order valence-electron chi connectivity index (χ0n) is 7.29. The zero-order valence-corrected chi connectivity index (χ0v) is 8.04. The monoisotopic (exact) mass is 212 g/mol. The van der Waals surface area contributed by atoms with Crippen LogP contribution in [0.4, 0.5) is 0 Å². The number of carbonyl (C=O) groups excluding carboxylic acids is 2. The Morgan fingerprint density at radius 2 is 1.93 bits per heavy atom. The van der Waals surface area contributed by atoms with E-state index in [4.69, 9.17) is 23.1 Å². The summed E-state index contributed by atoms with van der Waals surface area (Å²) in [4.78, 5) is 21.6. The first-order valence-electron chi connectivity index (χ1n) is 3.87. The predicted molar refractivity (Wildman–Crippen MR) is 52.9 cm³/mol. The van der Waals surface area contributed by atoms with Gasteiger partial charge in [-0.15, -0.1) is 0 Å². The number of carbonyl (C=O) groups is 2. The number of benzene rings is 1. The lowest BCUT2D eigenvalue weighted by atomic mass is 10.0. The van der Waals surface area contributed by atoms with E-state index in [0.717, 1.165) is 0 Å². The van der Waals surface area contributed by atoms with Crippen molar-refractivity contribution < 1.29 is 9.59 Å². The van der Waals surface area contributed by atoms with Gasteiger partial charge in [-0.25, -0.2) is 0 Å². The topological polar surface area (TPSA) is 86.2 Å². The van der Waals surface area contributed by atoms with Crippen LogP contribution in [-0.2, 0) is 11.2 Å². The molecule has 0 radical (unpaired) electrons. The quantitative estimate of drug-likeness (QED) is 0.763. The Balaban J connectivity index is 3.14. The van der Waals surface area contributed by atoms with Crippen LogP contribution in [0, 0.1) is 0 Å². The van der Waals surface area contributed by atoms with Gasteiger partial charge >= 0.3 is 0 Å². The Morgan fingerprint density at radius 3 is 2.43 bits per heavy atom. The molecule has 14 heavy (non-hydrogen) atoms. The molecular weight excluding hydrogens is 204 g/mol. The van der Waals surface area contributed by atoms with Crippen molar-refractivity contribution in [2.75, 3.05) is 0 Å². The Bertz CT molecular complexity index is 390. The van der Waals surface area contributed by atoms with Gasteiger partial charge in [0.1, 0.15) is 0 Å². The second-order valence-corrected chi connectivity index (χ2v) is 3.25. The molecular formula is C9H9ClN2O2. The summed E-state index contributed by atoms with van der Waals surface area (Å²) in [7, 11) is 0. The Kier molecular flexibility index (Phi) is 3.09. The molecule has 0 atom stereocenters. The standard InChI is InChI=1S/C9H9ClN2O2/c10-6-2-1-5(3-8(11)13)7(4-6)9(12)14/h1-2,4H,3H2,(H2,11,13)(H2,12,14). The summed E-state index contributed by atoms with van der Waals surface area (Å²) in [6, 6.07) is 4.56. The summed E-state index contributed by atoms with van der Waals surface area (Å²) in [6.07, 6.45) is -0.0184. The van der Waals surface area contributed by atoms with Crippen LogP contribution in [0.5, 0.6) is 0 Å². The van der Waals surface area contributed by atoms with E-state index >= 15 is 0 Å². The molecule has 0 saturated heterocycles. The van der Waals surface area contributed by atoms with E-state index in [2.05, 4.69) is 0 Å². The van der Waals surface area contributed by atoms with Gasteiger partial charge in [0, 0.05) is 10.6 Å². The first kappa shape index (κ1) is 10.5. The molecule has 74 valence electrons. The van der Waals surface area contributed by atoms with Gasteiger partial charge < -0.3 is 11.5 Å². The number of hydrogen-bond donors (Lipinski definition) is 2. The van der Waals surface area contributed by atoms with E-state index in [0.29, 0.717) is 10.6 Å². The zero-order chi connectivity index (χ0) is 10.7. The van der Waals surface area contributed by atoms with Gasteiger partial charge in [0.25, 0.3) is 0 Å². The van der Waals surface area contributed by atoms with E-state index in [1.165, 1.54) is 6.07 Å². The van der Waals surface area contributed by atoms with Crippen LogP contribution in [0.1, 0.15) is 15.9 Å². The molecule has 0 aliphatic heterocycles. The van der Waals surface area contributed by atoms with E-state index in [-0.39, 0.29) is 12.0 Å². The number of nitrogens with two attached hydrogens (primary N) is 2. The predicted octanol–water partition coefficient (Wildman–Crippen LogP) is 0.467. The van der Waals surface area contributed by atoms with Gasteiger partial charge in [-0.3, -0.25) is 9.59 Å². The van der Waals surface area contributed by atoms with Crippen molar-refractivity contribution >= 4 is 23.4 Å². The van der Waals surface area contributed by atoms with Crippen molar-refractivity contribution in [3.63, 3.8) is 0 Å². The highest BCUT2D eigenvalue weighted by Crippen LogP contribution is 2.16. The number of primary amides is 2. The molecule has 1 aromatic carbocycles. The molecule has 5 heteroatoms. The molecule has 2 amide bonds. The maximum Gasteiger partial charge on any atom is 0.249 e. The normalized spacial score (nSPS) is 9.79.